The van der Waals surface area contributed by atoms with E-state index in [4.69, 9.17) is 0 Å². The molecular formula is C16H15BrN4O3S2. The highest BCUT2D eigenvalue weighted by Crippen LogP contribution is 2.21. The fourth-order valence-corrected chi connectivity index (χ4v) is 4.36. The van der Waals surface area contributed by atoms with Gasteiger partial charge in [0, 0.05) is 23.1 Å². The SMILES string of the molecule is Cc1cc(NC(=O)CCNS(=O)(=O)c2cccc3nsnc23)ccc1Br. The van der Waals surface area contributed by atoms with E-state index in [1.165, 1.54) is 6.07 Å². The van der Waals surface area contributed by atoms with E-state index in [0.29, 0.717) is 16.7 Å². The molecule has 1 amide bonds. The van der Waals surface area contributed by atoms with Gasteiger partial charge in [0.25, 0.3) is 0 Å². The van der Waals surface area contributed by atoms with Crippen LogP contribution in [0.2, 0.25) is 0 Å². The first kappa shape index (κ1) is 18.9. The highest BCUT2D eigenvalue weighted by atomic mass is 79.9. The minimum Gasteiger partial charge on any atom is -0.326 e. The van der Waals surface area contributed by atoms with Crippen molar-refractivity contribution < 1.29 is 13.2 Å². The van der Waals surface area contributed by atoms with E-state index in [2.05, 4.69) is 34.7 Å². The van der Waals surface area contributed by atoms with E-state index in [9.17, 15) is 13.2 Å². The molecule has 0 saturated heterocycles. The molecule has 0 unspecified atom stereocenters. The number of hydrogen-bond donors (Lipinski definition) is 2. The number of aryl methyl sites for hydroxylation is 1. The number of carbonyl (C=O) groups is 1. The smallest absolute Gasteiger partial charge is 0.242 e. The minimum atomic E-state index is -3.77. The molecule has 0 aliphatic heterocycles. The molecule has 0 saturated carbocycles. The molecule has 2 N–H and O–H groups in total. The summed E-state index contributed by atoms with van der Waals surface area (Å²) >= 11 is 4.35. The zero-order valence-electron chi connectivity index (χ0n) is 13.7. The number of halogens is 1. The van der Waals surface area contributed by atoms with Crippen molar-refractivity contribution in [3.8, 4) is 0 Å². The van der Waals surface area contributed by atoms with E-state index >= 15 is 0 Å². The van der Waals surface area contributed by atoms with Crippen molar-refractivity contribution >= 4 is 60.3 Å². The van der Waals surface area contributed by atoms with Gasteiger partial charge in [-0.3, -0.25) is 4.79 Å². The van der Waals surface area contributed by atoms with E-state index < -0.39 is 10.0 Å². The van der Waals surface area contributed by atoms with E-state index in [1.807, 2.05) is 19.1 Å². The molecule has 136 valence electrons. The molecule has 1 aromatic heterocycles. The molecule has 26 heavy (non-hydrogen) atoms. The Hall–Kier alpha value is -1.88. The van der Waals surface area contributed by atoms with Crippen LogP contribution in [-0.2, 0) is 14.8 Å². The van der Waals surface area contributed by atoms with Crippen molar-refractivity contribution in [3.05, 3.63) is 46.4 Å². The van der Waals surface area contributed by atoms with Crippen molar-refractivity contribution in [3.63, 3.8) is 0 Å². The molecule has 1 heterocycles. The number of sulfonamides is 1. The summed E-state index contributed by atoms with van der Waals surface area (Å²) in [5.74, 6) is -0.275. The van der Waals surface area contributed by atoms with Gasteiger partial charge >= 0.3 is 0 Å². The van der Waals surface area contributed by atoms with Gasteiger partial charge in [-0.2, -0.15) is 8.75 Å². The Bertz CT molecular complexity index is 1070. The highest BCUT2D eigenvalue weighted by molar-refractivity contribution is 9.10. The first-order valence-corrected chi connectivity index (χ1v) is 10.6. The molecule has 0 atom stereocenters. The van der Waals surface area contributed by atoms with Gasteiger partial charge in [-0.15, -0.1) is 0 Å². The number of benzene rings is 2. The van der Waals surface area contributed by atoms with Crippen LogP contribution in [0.5, 0.6) is 0 Å². The second-order valence-corrected chi connectivity index (χ2v) is 8.67. The lowest BCUT2D eigenvalue weighted by molar-refractivity contribution is -0.116. The molecule has 0 bridgehead atoms. The number of nitrogens with zero attached hydrogens (tertiary/aromatic N) is 2. The lowest BCUT2D eigenvalue weighted by Gasteiger charge is -2.09. The van der Waals surface area contributed by atoms with Gasteiger partial charge in [-0.05, 0) is 42.8 Å². The third-order valence-corrected chi connectivity index (χ3v) is 6.55. The maximum atomic E-state index is 12.5. The lowest BCUT2D eigenvalue weighted by Crippen LogP contribution is -2.28. The number of amides is 1. The molecule has 0 radical (unpaired) electrons. The average Bonchev–Trinajstić information content (AvgIpc) is 3.06. The second kappa shape index (κ2) is 7.78. The summed E-state index contributed by atoms with van der Waals surface area (Å²) in [6.45, 7) is 1.90. The van der Waals surface area contributed by atoms with E-state index in [-0.39, 0.29) is 23.8 Å². The summed E-state index contributed by atoms with van der Waals surface area (Å²) in [7, 11) is -3.77. The van der Waals surface area contributed by atoms with E-state index in [0.717, 1.165) is 21.8 Å². The summed E-state index contributed by atoms with van der Waals surface area (Å²) in [4.78, 5) is 12.1. The Morgan fingerprint density at radius 3 is 2.81 bits per heavy atom. The molecule has 0 fully saturated rings. The topological polar surface area (TPSA) is 101 Å². The van der Waals surface area contributed by atoms with Crippen LogP contribution in [0.3, 0.4) is 0 Å². The maximum Gasteiger partial charge on any atom is 0.242 e. The Kier molecular flexibility index (Phi) is 5.66. The quantitative estimate of drug-likeness (QED) is 0.595. The third kappa shape index (κ3) is 4.26. The van der Waals surface area contributed by atoms with Crippen LogP contribution in [0.15, 0.2) is 45.8 Å². The number of carbonyl (C=O) groups excluding carboxylic acids is 1. The number of anilines is 1. The minimum absolute atomic E-state index is 0.0135. The highest BCUT2D eigenvalue weighted by Gasteiger charge is 2.19. The average molecular weight is 455 g/mol. The molecule has 0 aliphatic carbocycles. The predicted octanol–water partition coefficient (Wildman–Crippen LogP) is 3.07. The number of aromatic nitrogens is 2. The second-order valence-electron chi connectivity index (χ2n) is 5.55. The number of fused-ring (bicyclic) bond motifs is 1. The Morgan fingerprint density at radius 2 is 2.04 bits per heavy atom. The molecular weight excluding hydrogens is 440 g/mol. The van der Waals surface area contributed by atoms with Crippen molar-refractivity contribution in [2.24, 2.45) is 0 Å². The first-order valence-electron chi connectivity index (χ1n) is 7.64. The van der Waals surface area contributed by atoms with Crippen molar-refractivity contribution in [1.82, 2.24) is 13.5 Å². The normalized spacial score (nSPS) is 11.6. The third-order valence-electron chi connectivity index (χ3n) is 3.62. The van der Waals surface area contributed by atoms with Crippen LogP contribution in [0, 0.1) is 6.92 Å². The van der Waals surface area contributed by atoms with E-state index in [1.54, 1.807) is 18.2 Å². The monoisotopic (exact) mass is 454 g/mol. The van der Waals surface area contributed by atoms with Crippen LogP contribution in [0.25, 0.3) is 11.0 Å². The lowest BCUT2D eigenvalue weighted by atomic mass is 10.2. The van der Waals surface area contributed by atoms with Gasteiger partial charge in [0.15, 0.2) is 0 Å². The van der Waals surface area contributed by atoms with Crippen molar-refractivity contribution in [2.75, 3.05) is 11.9 Å². The van der Waals surface area contributed by atoms with Gasteiger partial charge in [-0.1, -0.05) is 22.0 Å². The molecule has 3 rings (SSSR count). The summed E-state index contributed by atoms with van der Waals surface area (Å²) in [5.41, 5.74) is 2.52. The number of rotatable bonds is 6. The van der Waals surface area contributed by atoms with Crippen LogP contribution >= 0.6 is 27.7 Å². The zero-order chi connectivity index (χ0) is 18.7. The zero-order valence-corrected chi connectivity index (χ0v) is 16.9. The van der Waals surface area contributed by atoms with Crippen LogP contribution in [0.1, 0.15) is 12.0 Å². The Morgan fingerprint density at radius 1 is 1.23 bits per heavy atom. The molecule has 0 spiro atoms. The number of nitrogens with one attached hydrogen (secondary N) is 2. The molecule has 0 aliphatic rings. The Balaban J connectivity index is 1.60. The van der Waals surface area contributed by atoms with Crippen molar-refractivity contribution in [1.29, 1.82) is 0 Å². The number of hydrogen-bond acceptors (Lipinski definition) is 6. The van der Waals surface area contributed by atoms with Crippen LogP contribution in [0.4, 0.5) is 5.69 Å². The molecule has 10 heteroatoms. The van der Waals surface area contributed by atoms with Gasteiger partial charge in [0.1, 0.15) is 15.9 Å². The van der Waals surface area contributed by atoms with Crippen LogP contribution in [-0.4, -0.2) is 29.6 Å². The summed E-state index contributed by atoms with van der Waals surface area (Å²) in [6.07, 6.45) is 0.0135. The summed E-state index contributed by atoms with van der Waals surface area (Å²) < 4.78 is 36.4. The predicted molar refractivity (Wildman–Crippen MR) is 105 cm³/mol. The summed E-state index contributed by atoms with van der Waals surface area (Å²) in [5, 5.41) is 2.75. The van der Waals surface area contributed by atoms with Crippen molar-refractivity contribution in [2.45, 2.75) is 18.2 Å². The van der Waals surface area contributed by atoms with Gasteiger partial charge in [-0.25, -0.2) is 13.1 Å². The van der Waals surface area contributed by atoms with Gasteiger partial charge < -0.3 is 5.32 Å². The van der Waals surface area contributed by atoms with Gasteiger partial charge in [0.2, 0.25) is 15.9 Å². The summed E-state index contributed by atoms with van der Waals surface area (Å²) in [6, 6.07) is 10.2. The standard InChI is InChI=1S/C16H15BrN4O3S2/c1-10-9-11(5-6-12(10)17)19-15(22)7-8-18-26(23,24)14-4-2-3-13-16(14)21-25-20-13/h2-6,9,18H,7-8H2,1H3,(H,19,22). The largest absolute Gasteiger partial charge is 0.326 e. The van der Waals surface area contributed by atoms with Gasteiger partial charge in [0.05, 0.1) is 11.7 Å². The molecule has 3 aromatic rings. The fraction of sp³-hybridized carbons (Fsp3) is 0.188. The first-order chi connectivity index (χ1) is 12.4. The maximum absolute atomic E-state index is 12.5. The van der Waals surface area contributed by atoms with Crippen LogP contribution < -0.4 is 10.0 Å². The molecule has 7 nitrogen and oxygen atoms in total. The fourth-order valence-electron chi connectivity index (χ4n) is 2.32. The molecule has 2 aromatic carbocycles. The Labute approximate surface area is 163 Å².